The second-order valence-electron chi connectivity index (χ2n) is 4.31. The van der Waals surface area contributed by atoms with Crippen molar-refractivity contribution < 1.29 is 8.91 Å². The maximum atomic E-state index is 13.3. The smallest absolute Gasteiger partial charge is 0.135 e. The van der Waals surface area contributed by atoms with Crippen molar-refractivity contribution in [2.45, 2.75) is 6.42 Å². The Kier molecular flexibility index (Phi) is 3.65. The average Bonchev–Trinajstić information content (AvgIpc) is 2.68. The van der Waals surface area contributed by atoms with Gasteiger partial charge in [0, 0.05) is 24.2 Å². The number of rotatable bonds is 4. The summed E-state index contributed by atoms with van der Waals surface area (Å²) in [5.41, 5.74) is 1.92. The molecule has 1 heterocycles. The summed E-state index contributed by atoms with van der Waals surface area (Å²) in [6, 6.07) is 2.89. The fourth-order valence-electron chi connectivity index (χ4n) is 1.90. The zero-order valence-corrected chi connectivity index (χ0v) is 11.1. The Labute approximate surface area is 102 Å². The van der Waals surface area contributed by atoms with Crippen molar-refractivity contribution >= 4 is 20.4 Å². The third-order valence-electron chi connectivity index (χ3n) is 2.75. The Morgan fingerprint density at radius 2 is 2.18 bits per heavy atom. The number of likely N-dealkylation sites (N-methyl/N-ethyl adjacent to an activating group) is 1. The van der Waals surface area contributed by atoms with E-state index < -0.39 is 0 Å². The normalized spacial score (nSPS) is 11.4. The van der Waals surface area contributed by atoms with Crippen molar-refractivity contribution in [3.8, 4) is 5.75 Å². The third kappa shape index (κ3) is 2.59. The molecule has 0 amide bonds. The molecular weight excluding hydrogens is 238 g/mol. The van der Waals surface area contributed by atoms with Gasteiger partial charge in [-0.1, -0.05) is 0 Å². The highest BCUT2D eigenvalue weighted by atomic mass is 31.0. The van der Waals surface area contributed by atoms with Gasteiger partial charge in [-0.3, -0.25) is 0 Å². The zero-order valence-electron chi connectivity index (χ0n) is 9.96. The SMILES string of the molecule is CN(C)CCc1c[nH]c2cc(F)cc(OP)c12. The first-order valence-electron chi connectivity index (χ1n) is 5.43. The maximum absolute atomic E-state index is 13.3. The first-order valence-corrected chi connectivity index (χ1v) is 5.90. The van der Waals surface area contributed by atoms with Crippen LogP contribution in [0.2, 0.25) is 0 Å². The van der Waals surface area contributed by atoms with Crippen LogP contribution in [0.3, 0.4) is 0 Å². The molecule has 5 heteroatoms. The standard InChI is InChI=1S/C12H16FN2OP/c1-15(2)4-3-8-7-14-10-5-9(13)6-11(16-17)12(8)10/h5-7,14H,3-4,17H2,1-2H3. The maximum Gasteiger partial charge on any atom is 0.135 e. The van der Waals surface area contributed by atoms with Crippen molar-refractivity contribution in [2.24, 2.45) is 0 Å². The molecule has 0 saturated heterocycles. The lowest BCUT2D eigenvalue weighted by molar-refractivity contribution is 0.414. The number of aromatic amines is 1. The van der Waals surface area contributed by atoms with Gasteiger partial charge in [0.1, 0.15) is 11.6 Å². The minimum Gasteiger partial charge on any atom is -0.480 e. The minimum atomic E-state index is -0.295. The molecule has 0 radical (unpaired) electrons. The van der Waals surface area contributed by atoms with Crippen LogP contribution in [-0.2, 0) is 6.42 Å². The molecule has 0 fully saturated rings. The number of benzene rings is 1. The van der Waals surface area contributed by atoms with E-state index >= 15 is 0 Å². The lowest BCUT2D eigenvalue weighted by Crippen LogP contribution is -2.14. The molecule has 17 heavy (non-hydrogen) atoms. The van der Waals surface area contributed by atoms with Crippen molar-refractivity contribution in [1.82, 2.24) is 9.88 Å². The van der Waals surface area contributed by atoms with Gasteiger partial charge in [-0.25, -0.2) is 4.39 Å². The average molecular weight is 254 g/mol. The van der Waals surface area contributed by atoms with Crippen LogP contribution in [0.4, 0.5) is 4.39 Å². The van der Waals surface area contributed by atoms with Crippen LogP contribution in [0.25, 0.3) is 10.9 Å². The number of hydrogen-bond donors (Lipinski definition) is 1. The number of nitrogens with one attached hydrogen (secondary N) is 1. The summed E-state index contributed by atoms with van der Waals surface area (Å²) in [7, 11) is 6.23. The molecule has 1 aromatic heterocycles. The lowest BCUT2D eigenvalue weighted by atomic mass is 10.1. The summed E-state index contributed by atoms with van der Waals surface area (Å²) in [6.07, 6.45) is 2.82. The zero-order chi connectivity index (χ0) is 12.4. The van der Waals surface area contributed by atoms with Crippen LogP contribution in [0.1, 0.15) is 5.56 Å². The highest BCUT2D eigenvalue weighted by Gasteiger charge is 2.11. The van der Waals surface area contributed by atoms with Crippen LogP contribution < -0.4 is 4.52 Å². The molecule has 2 aromatic rings. The molecule has 1 N–H and O–H groups in total. The van der Waals surface area contributed by atoms with Crippen LogP contribution in [-0.4, -0.2) is 30.5 Å². The molecule has 0 aliphatic heterocycles. The Morgan fingerprint density at radius 1 is 1.41 bits per heavy atom. The summed E-state index contributed by atoms with van der Waals surface area (Å²) in [5, 5.41) is 0.961. The number of nitrogens with zero attached hydrogens (tertiary/aromatic N) is 1. The number of aromatic nitrogens is 1. The summed E-state index contributed by atoms with van der Waals surface area (Å²) in [4.78, 5) is 5.19. The second-order valence-corrected chi connectivity index (χ2v) is 4.55. The molecule has 0 aliphatic rings. The van der Waals surface area contributed by atoms with E-state index in [0.717, 1.165) is 29.4 Å². The highest BCUT2D eigenvalue weighted by Crippen LogP contribution is 2.31. The molecule has 1 atom stereocenters. The summed E-state index contributed by atoms with van der Waals surface area (Å²) in [5.74, 6) is 0.260. The highest BCUT2D eigenvalue weighted by molar-refractivity contribution is 7.10. The summed E-state index contributed by atoms with van der Waals surface area (Å²) < 4.78 is 18.4. The Hall–Kier alpha value is -1.12. The Bertz CT molecular complexity index is 524. The van der Waals surface area contributed by atoms with Crippen molar-refractivity contribution in [2.75, 3.05) is 20.6 Å². The topological polar surface area (TPSA) is 28.3 Å². The van der Waals surface area contributed by atoms with Crippen LogP contribution >= 0.6 is 9.47 Å². The van der Waals surface area contributed by atoms with Crippen LogP contribution in [0.5, 0.6) is 5.75 Å². The van der Waals surface area contributed by atoms with Gasteiger partial charge < -0.3 is 14.4 Å². The van der Waals surface area contributed by atoms with Crippen LogP contribution in [0, 0.1) is 5.82 Å². The molecule has 1 unspecified atom stereocenters. The fraction of sp³-hybridized carbons (Fsp3) is 0.333. The van der Waals surface area contributed by atoms with Gasteiger partial charge >= 0.3 is 0 Å². The number of fused-ring (bicyclic) bond motifs is 1. The van der Waals surface area contributed by atoms with Crippen molar-refractivity contribution in [3.05, 3.63) is 29.7 Å². The first kappa shape index (κ1) is 12.3. The Morgan fingerprint density at radius 3 is 2.82 bits per heavy atom. The predicted molar refractivity (Wildman–Crippen MR) is 70.9 cm³/mol. The molecular formula is C12H16FN2OP. The van der Waals surface area contributed by atoms with Gasteiger partial charge in [0.2, 0.25) is 0 Å². The number of H-pyrrole nitrogens is 1. The van der Waals surface area contributed by atoms with E-state index in [2.05, 4.69) is 19.4 Å². The van der Waals surface area contributed by atoms with E-state index in [-0.39, 0.29) is 5.82 Å². The van der Waals surface area contributed by atoms with Gasteiger partial charge in [0.05, 0.1) is 15.0 Å². The molecule has 1 aromatic carbocycles. The van der Waals surface area contributed by atoms with Gasteiger partial charge in [0.15, 0.2) is 0 Å². The minimum absolute atomic E-state index is 0.295. The van der Waals surface area contributed by atoms with E-state index in [1.165, 1.54) is 12.1 Å². The van der Waals surface area contributed by atoms with Gasteiger partial charge in [-0.15, -0.1) is 0 Å². The molecule has 0 aliphatic carbocycles. The molecule has 2 rings (SSSR count). The summed E-state index contributed by atoms with van der Waals surface area (Å²) in [6.45, 7) is 0.945. The molecule has 3 nitrogen and oxygen atoms in total. The van der Waals surface area contributed by atoms with E-state index in [0.29, 0.717) is 5.75 Å². The Balaban J connectivity index is 2.43. The van der Waals surface area contributed by atoms with E-state index in [1.54, 1.807) is 0 Å². The van der Waals surface area contributed by atoms with E-state index in [4.69, 9.17) is 4.52 Å². The van der Waals surface area contributed by atoms with Gasteiger partial charge in [-0.05, 0) is 32.1 Å². The van der Waals surface area contributed by atoms with Gasteiger partial charge in [0.25, 0.3) is 0 Å². The second kappa shape index (κ2) is 5.03. The monoisotopic (exact) mass is 254 g/mol. The molecule has 0 bridgehead atoms. The van der Waals surface area contributed by atoms with E-state index in [1.807, 2.05) is 20.3 Å². The lowest BCUT2D eigenvalue weighted by Gasteiger charge is -2.09. The van der Waals surface area contributed by atoms with Crippen molar-refractivity contribution in [1.29, 1.82) is 0 Å². The van der Waals surface area contributed by atoms with E-state index in [9.17, 15) is 4.39 Å². The number of hydrogen-bond acceptors (Lipinski definition) is 2. The largest absolute Gasteiger partial charge is 0.480 e. The molecule has 0 spiro atoms. The van der Waals surface area contributed by atoms with Crippen LogP contribution in [0.15, 0.2) is 18.3 Å². The fourth-order valence-corrected chi connectivity index (χ4v) is 2.08. The molecule has 92 valence electrons. The number of halogens is 1. The summed E-state index contributed by atoms with van der Waals surface area (Å²) >= 11 is 0. The van der Waals surface area contributed by atoms with Gasteiger partial charge in [-0.2, -0.15) is 0 Å². The third-order valence-corrected chi connectivity index (χ3v) is 3.00. The molecule has 0 saturated carbocycles. The quantitative estimate of drug-likeness (QED) is 0.849. The predicted octanol–water partition coefficient (Wildman–Crippen LogP) is 2.58. The first-order chi connectivity index (χ1) is 8.11. The van der Waals surface area contributed by atoms with Crippen molar-refractivity contribution in [3.63, 3.8) is 0 Å².